The van der Waals surface area contributed by atoms with Crippen molar-refractivity contribution in [2.45, 2.75) is 19.0 Å². The van der Waals surface area contributed by atoms with Crippen LogP contribution in [0.4, 0.5) is 0 Å². The highest BCUT2D eigenvalue weighted by molar-refractivity contribution is 14.0. The summed E-state index contributed by atoms with van der Waals surface area (Å²) in [6.45, 7) is 6.65. The number of halogens is 1. The van der Waals surface area contributed by atoms with Gasteiger partial charge in [-0.1, -0.05) is 24.3 Å². The van der Waals surface area contributed by atoms with E-state index in [1.165, 1.54) is 12.0 Å². The molecule has 1 N–H and O–H groups in total. The van der Waals surface area contributed by atoms with Gasteiger partial charge in [-0.3, -0.25) is 14.9 Å². The second-order valence-corrected chi connectivity index (χ2v) is 7.35. The van der Waals surface area contributed by atoms with E-state index < -0.39 is 0 Å². The van der Waals surface area contributed by atoms with Crippen LogP contribution in [0.1, 0.15) is 12.0 Å². The standard InChI is InChI=1S/C22H29N5O.HI/c1-23-22(27-10-8-20(17-27)26-11-13-28-14-12-26)25-16-18-5-4-6-19(15-18)21-7-2-3-9-24-21;/h2-7,9,15,20H,8,10-14,16-17H2,1H3,(H,23,25);1H. The molecule has 1 aromatic carbocycles. The average Bonchev–Trinajstić information content (AvgIpc) is 3.26. The Morgan fingerprint density at radius 1 is 1.17 bits per heavy atom. The number of likely N-dealkylation sites (tertiary alicyclic amines) is 1. The van der Waals surface area contributed by atoms with Crippen molar-refractivity contribution in [1.82, 2.24) is 20.1 Å². The Kier molecular flexibility index (Phi) is 8.26. The van der Waals surface area contributed by atoms with Crippen molar-refractivity contribution < 1.29 is 4.74 Å². The fourth-order valence-electron chi connectivity index (χ4n) is 4.06. The molecule has 2 aliphatic heterocycles. The maximum atomic E-state index is 5.49. The summed E-state index contributed by atoms with van der Waals surface area (Å²) in [7, 11) is 1.87. The summed E-state index contributed by atoms with van der Waals surface area (Å²) >= 11 is 0. The molecule has 7 heteroatoms. The van der Waals surface area contributed by atoms with E-state index in [0.29, 0.717) is 6.04 Å². The first-order valence-corrected chi connectivity index (χ1v) is 10.1. The van der Waals surface area contributed by atoms with Crippen LogP contribution in [0.2, 0.25) is 0 Å². The van der Waals surface area contributed by atoms with Gasteiger partial charge in [-0.15, -0.1) is 24.0 Å². The molecule has 0 aliphatic carbocycles. The lowest BCUT2D eigenvalue weighted by Crippen LogP contribution is -2.46. The number of aliphatic imine (C=N–C) groups is 1. The fourth-order valence-corrected chi connectivity index (χ4v) is 4.06. The molecule has 6 nitrogen and oxygen atoms in total. The molecule has 0 radical (unpaired) electrons. The number of guanidine groups is 1. The quantitative estimate of drug-likeness (QED) is 0.392. The van der Waals surface area contributed by atoms with E-state index in [1.807, 2.05) is 31.4 Å². The van der Waals surface area contributed by atoms with Gasteiger partial charge in [0, 0.05) is 57.6 Å². The number of hydrogen-bond donors (Lipinski definition) is 1. The molecule has 29 heavy (non-hydrogen) atoms. The molecule has 0 spiro atoms. The third-order valence-corrected chi connectivity index (χ3v) is 5.58. The number of benzene rings is 1. The molecule has 3 heterocycles. The number of nitrogens with one attached hydrogen (secondary N) is 1. The first-order chi connectivity index (χ1) is 13.8. The van der Waals surface area contributed by atoms with Crippen LogP contribution in [0.5, 0.6) is 0 Å². The van der Waals surface area contributed by atoms with Crippen LogP contribution in [0.15, 0.2) is 53.7 Å². The van der Waals surface area contributed by atoms with Crippen LogP contribution >= 0.6 is 24.0 Å². The van der Waals surface area contributed by atoms with Gasteiger partial charge in [0.05, 0.1) is 18.9 Å². The van der Waals surface area contributed by atoms with Gasteiger partial charge in [-0.25, -0.2) is 0 Å². The van der Waals surface area contributed by atoms with E-state index in [-0.39, 0.29) is 24.0 Å². The van der Waals surface area contributed by atoms with Crippen LogP contribution in [0.3, 0.4) is 0 Å². The zero-order chi connectivity index (χ0) is 19.2. The minimum atomic E-state index is 0. The molecular formula is C22H30IN5O. The largest absolute Gasteiger partial charge is 0.379 e. The van der Waals surface area contributed by atoms with E-state index in [1.54, 1.807) is 0 Å². The van der Waals surface area contributed by atoms with Gasteiger partial charge >= 0.3 is 0 Å². The van der Waals surface area contributed by atoms with Crippen LogP contribution in [-0.2, 0) is 11.3 Å². The zero-order valence-electron chi connectivity index (χ0n) is 17.0. The first kappa shape index (κ1) is 22.0. The molecule has 0 bridgehead atoms. The normalized spacial score (nSPS) is 20.4. The lowest BCUT2D eigenvalue weighted by molar-refractivity contribution is 0.0195. The molecular weight excluding hydrogens is 477 g/mol. The Hall–Kier alpha value is -1.71. The van der Waals surface area contributed by atoms with Crippen LogP contribution in [-0.4, -0.2) is 73.2 Å². The molecule has 1 aromatic heterocycles. The third-order valence-electron chi connectivity index (χ3n) is 5.58. The van der Waals surface area contributed by atoms with Gasteiger partial charge in [0.1, 0.15) is 0 Å². The topological polar surface area (TPSA) is 53.0 Å². The van der Waals surface area contributed by atoms with Crippen LogP contribution in [0, 0.1) is 0 Å². The molecule has 0 saturated carbocycles. The van der Waals surface area contributed by atoms with E-state index in [9.17, 15) is 0 Å². The Bertz CT molecular complexity index is 795. The molecule has 1 atom stereocenters. The summed E-state index contributed by atoms with van der Waals surface area (Å²) in [5.41, 5.74) is 3.37. The summed E-state index contributed by atoms with van der Waals surface area (Å²) in [5, 5.41) is 3.54. The molecule has 4 rings (SSSR count). The van der Waals surface area contributed by atoms with Crippen molar-refractivity contribution in [2.24, 2.45) is 4.99 Å². The molecule has 2 aromatic rings. The number of pyridine rings is 1. The van der Waals surface area contributed by atoms with Gasteiger partial charge < -0.3 is 15.0 Å². The molecule has 1 unspecified atom stereocenters. The summed E-state index contributed by atoms with van der Waals surface area (Å²) in [4.78, 5) is 13.9. The van der Waals surface area contributed by atoms with Crippen molar-refractivity contribution in [3.05, 3.63) is 54.2 Å². The number of aromatic nitrogens is 1. The Morgan fingerprint density at radius 3 is 2.79 bits per heavy atom. The third kappa shape index (κ3) is 5.67. The van der Waals surface area contributed by atoms with Crippen molar-refractivity contribution in [2.75, 3.05) is 46.4 Å². The Labute approximate surface area is 190 Å². The number of rotatable bonds is 4. The maximum Gasteiger partial charge on any atom is 0.193 e. The number of nitrogens with zero attached hydrogens (tertiary/aromatic N) is 4. The van der Waals surface area contributed by atoms with Crippen molar-refractivity contribution in [1.29, 1.82) is 0 Å². The lowest BCUT2D eigenvalue weighted by atomic mass is 10.1. The highest BCUT2D eigenvalue weighted by Crippen LogP contribution is 2.19. The Morgan fingerprint density at radius 2 is 2.03 bits per heavy atom. The number of hydrogen-bond acceptors (Lipinski definition) is 4. The predicted octanol–water partition coefficient (Wildman–Crippen LogP) is 2.85. The zero-order valence-corrected chi connectivity index (χ0v) is 19.3. The summed E-state index contributed by atoms with van der Waals surface area (Å²) in [6, 6.07) is 15.2. The van der Waals surface area contributed by atoms with Gasteiger partial charge in [0.25, 0.3) is 0 Å². The molecule has 0 amide bonds. The van der Waals surface area contributed by atoms with Crippen LogP contribution < -0.4 is 5.32 Å². The van der Waals surface area contributed by atoms with Gasteiger partial charge in [0.2, 0.25) is 0 Å². The highest BCUT2D eigenvalue weighted by atomic mass is 127. The predicted molar refractivity (Wildman–Crippen MR) is 128 cm³/mol. The van der Waals surface area contributed by atoms with Crippen molar-refractivity contribution in [3.8, 4) is 11.3 Å². The minimum Gasteiger partial charge on any atom is -0.379 e. The van der Waals surface area contributed by atoms with Crippen LogP contribution in [0.25, 0.3) is 11.3 Å². The highest BCUT2D eigenvalue weighted by Gasteiger charge is 2.30. The van der Waals surface area contributed by atoms with E-state index in [2.05, 4.69) is 49.4 Å². The van der Waals surface area contributed by atoms with E-state index in [0.717, 1.165) is 63.2 Å². The Balaban J connectivity index is 0.00000240. The van der Waals surface area contributed by atoms with Gasteiger partial charge in [-0.05, 0) is 30.2 Å². The van der Waals surface area contributed by atoms with Gasteiger partial charge in [0.15, 0.2) is 5.96 Å². The maximum absolute atomic E-state index is 5.49. The molecule has 2 fully saturated rings. The SMILES string of the molecule is CN=C(NCc1cccc(-c2ccccn2)c1)N1CCC(N2CCOCC2)C1.I. The molecule has 2 aliphatic rings. The van der Waals surface area contributed by atoms with Gasteiger partial charge in [-0.2, -0.15) is 0 Å². The number of ether oxygens (including phenoxy) is 1. The molecule has 2 saturated heterocycles. The second kappa shape index (κ2) is 10.9. The van der Waals surface area contributed by atoms with E-state index in [4.69, 9.17) is 4.74 Å². The van der Waals surface area contributed by atoms with Crippen molar-refractivity contribution >= 4 is 29.9 Å². The lowest BCUT2D eigenvalue weighted by Gasteiger charge is -2.32. The first-order valence-electron chi connectivity index (χ1n) is 10.1. The molecule has 156 valence electrons. The summed E-state index contributed by atoms with van der Waals surface area (Å²) in [6.07, 6.45) is 3.02. The average molecular weight is 507 g/mol. The second-order valence-electron chi connectivity index (χ2n) is 7.35. The number of morpholine rings is 1. The minimum absolute atomic E-state index is 0. The smallest absolute Gasteiger partial charge is 0.193 e. The fraction of sp³-hybridized carbons (Fsp3) is 0.455. The summed E-state index contributed by atoms with van der Waals surface area (Å²) in [5.74, 6) is 0.985. The van der Waals surface area contributed by atoms with E-state index >= 15 is 0 Å². The monoisotopic (exact) mass is 507 g/mol. The van der Waals surface area contributed by atoms with Crippen molar-refractivity contribution in [3.63, 3.8) is 0 Å². The summed E-state index contributed by atoms with van der Waals surface area (Å²) < 4.78 is 5.49.